The number of carbonyl (C=O) groups is 2. The molecule has 5 heteroatoms. The van der Waals surface area contributed by atoms with Gasteiger partial charge in [0.15, 0.2) is 0 Å². The Kier molecular flexibility index (Phi) is 5.56. The summed E-state index contributed by atoms with van der Waals surface area (Å²) in [7, 11) is 0. The van der Waals surface area contributed by atoms with Crippen LogP contribution < -0.4 is 5.32 Å². The number of aliphatic carboxylic acids is 1. The van der Waals surface area contributed by atoms with Crippen molar-refractivity contribution in [3.8, 4) is 0 Å². The molecule has 2 atom stereocenters. The number of nitrogens with one attached hydrogen (secondary N) is 1. The minimum absolute atomic E-state index is 0.0167. The van der Waals surface area contributed by atoms with Gasteiger partial charge in [0.2, 0.25) is 0 Å². The van der Waals surface area contributed by atoms with Gasteiger partial charge in [0, 0.05) is 19.0 Å². The number of rotatable bonds is 6. The summed E-state index contributed by atoms with van der Waals surface area (Å²) >= 11 is 0. The smallest absolute Gasteiger partial charge is 0.318 e. The van der Waals surface area contributed by atoms with Crippen molar-refractivity contribution in [3.05, 3.63) is 71.3 Å². The Bertz CT molecular complexity index is 776. The fraction of sp³-hybridized carbons (Fsp3) is 0.333. The summed E-state index contributed by atoms with van der Waals surface area (Å²) in [6, 6.07) is 17.6. The molecule has 0 saturated carbocycles. The van der Waals surface area contributed by atoms with Crippen LogP contribution in [-0.2, 0) is 17.8 Å². The predicted octanol–water partition coefficient (Wildman–Crippen LogP) is 3.75. The standard InChI is InChI=1S/C21H24N2O3/c1-15-19-10-6-5-9-17(19)14-23(15)21(26)22-18(11-12-20(24)25)13-16-7-3-2-4-8-16/h2-10,15,18H,11-14H2,1H3,(H,22,26)(H,24,25). The lowest BCUT2D eigenvalue weighted by Gasteiger charge is -2.26. The summed E-state index contributed by atoms with van der Waals surface area (Å²) in [5.41, 5.74) is 3.43. The maximum atomic E-state index is 12.8. The lowest BCUT2D eigenvalue weighted by molar-refractivity contribution is -0.137. The molecule has 1 heterocycles. The highest BCUT2D eigenvalue weighted by Crippen LogP contribution is 2.32. The number of fused-ring (bicyclic) bond motifs is 1. The number of carboxylic acid groups (broad SMARTS) is 1. The van der Waals surface area contributed by atoms with Crippen molar-refractivity contribution in [2.75, 3.05) is 0 Å². The molecule has 2 aromatic rings. The van der Waals surface area contributed by atoms with E-state index in [-0.39, 0.29) is 24.5 Å². The van der Waals surface area contributed by atoms with Crippen LogP contribution in [0.4, 0.5) is 4.79 Å². The van der Waals surface area contributed by atoms with Gasteiger partial charge >= 0.3 is 12.0 Å². The third-order valence-corrected chi connectivity index (χ3v) is 4.93. The first-order valence-corrected chi connectivity index (χ1v) is 8.95. The Morgan fingerprint density at radius 3 is 2.54 bits per heavy atom. The lowest BCUT2D eigenvalue weighted by Crippen LogP contribution is -2.44. The van der Waals surface area contributed by atoms with E-state index in [1.807, 2.05) is 60.4 Å². The highest BCUT2D eigenvalue weighted by molar-refractivity contribution is 5.76. The zero-order valence-corrected chi connectivity index (χ0v) is 14.9. The summed E-state index contributed by atoms with van der Waals surface area (Å²) in [4.78, 5) is 25.6. The Hall–Kier alpha value is -2.82. The Balaban J connectivity index is 1.68. The fourth-order valence-corrected chi connectivity index (χ4v) is 3.50. The largest absolute Gasteiger partial charge is 0.481 e. The van der Waals surface area contributed by atoms with E-state index in [4.69, 9.17) is 5.11 Å². The van der Waals surface area contributed by atoms with Crippen LogP contribution in [0.25, 0.3) is 0 Å². The van der Waals surface area contributed by atoms with Crippen molar-refractivity contribution in [3.63, 3.8) is 0 Å². The van der Waals surface area contributed by atoms with Crippen molar-refractivity contribution in [1.29, 1.82) is 0 Å². The van der Waals surface area contributed by atoms with E-state index in [0.717, 1.165) is 5.56 Å². The maximum Gasteiger partial charge on any atom is 0.318 e. The van der Waals surface area contributed by atoms with E-state index in [1.54, 1.807) is 0 Å². The van der Waals surface area contributed by atoms with E-state index >= 15 is 0 Å². The van der Waals surface area contributed by atoms with Gasteiger partial charge in [-0.25, -0.2) is 4.79 Å². The average molecular weight is 352 g/mol. The van der Waals surface area contributed by atoms with Gasteiger partial charge in [0.05, 0.1) is 6.04 Å². The van der Waals surface area contributed by atoms with E-state index in [9.17, 15) is 9.59 Å². The van der Waals surface area contributed by atoms with Gasteiger partial charge in [-0.2, -0.15) is 0 Å². The van der Waals surface area contributed by atoms with Gasteiger partial charge in [0.25, 0.3) is 0 Å². The molecule has 1 aliphatic heterocycles. The number of amides is 2. The van der Waals surface area contributed by atoms with Crippen molar-refractivity contribution in [2.45, 2.75) is 44.8 Å². The van der Waals surface area contributed by atoms with E-state index in [0.29, 0.717) is 19.4 Å². The fourth-order valence-electron chi connectivity index (χ4n) is 3.50. The predicted molar refractivity (Wildman–Crippen MR) is 99.7 cm³/mol. The van der Waals surface area contributed by atoms with Crippen LogP contribution in [0.15, 0.2) is 54.6 Å². The van der Waals surface area contributed by atoms with Crippen LogP contribution in [0.2, 0.25) is 0 Å². The van der Waals surface area contributed by atoms with Gasteiger partial charge in [-0.15, -0.1) is 0 Å². The molecular formula is C21H24N2O3. The Morgan fingerprint density at radius 1 is 1.15 bits per heavy atom. The minimum atomic E-state index is -0.848. The summed E-state index contributed by atoms with van der Waals surface area (Å²) < 4.78 is 0. The molecule has 2 N–H and O–H groups in total. The van der Waals surface area contributed by atoms with Gasteiger partial charge in [-0.1, -0.05) is 54.6 Å². The molecule has 0 aliphatic carbocycles. The zero-order valence-electron chi connectivity index (χ0n) is 14.9. The highest BCUT2D eigenvalue weighted by atomic mass is 16.4. The maximum absolute atomic E-state index is 12.8. The number of nitrogens with zero attached hydrogens (tertiary/aromatic N) is 1. The molecule has 0 radical (unpaired) electrons. The molecule has 0 spiro atoms. The number of hydrogen-bond acceptors (Lipinski definition) is 2. The number of hydrogen-bond donors (Lipinski definition) is 2. The lowest BCUT2D eigenvalue weighted by atomic mass is 10.0. The van der Waals surface area contributed by atoms with Crippen LogP contribution in [0.3, 0.4) is 0 Å². The molecule has 0 bridgehead atoms. The molecule has 5 nitrogen and oxygen atoms in total. The van der Waals surface area contributed by atoms with E-state index < -0.39 is 5.97 Å². The minimum Gasteiger partial charge on any atom is -0.481 e. The number of benzene rings is 2. The second kappa shape index (κ2) is 8.04. The SMILES string of the molecule is CC1c2ccccc2CN1C(=O)NC(CCC(=O)O)Cc1ccccc1. The second-order valence-electron chi connectivity index (χ2n) is 6.77. The van der Waals surface area contributed by atoms with Gasteiger partial charge < -0.3 is 15.3 Å². The Labute approximate surface area is 153 Å². The average Bonchev–Trinajstić information content (AvgIpc) is 2.98. The van der Waals surface area contributed by atoms with Crippen LogP contribution >= 0.6 is 0 Å². The molecule has 1 aliphatic rings. The summed E-state index contributed by atoms with van der Waals surface area (Å²) in [5.74, 6) is -0.848. The van der Waals surface area contributed by atoms with Gasteiger partial charge in [-0.3, -0.25) is 4.79 Å². The normalized spacial score (nSPS) is 16.8. The molecule has 0 fully saturated rings. The quantitative estimate of drug-likeness (QED) is 0.832. The Morgan fingerprint density at radius 2 is 1.85 bits per heavy atom. The first-order chi connectivity index (χ1) is 12.5. The third kappa shape index (κ3) is 4.23. The van der Waals surface area contributed by atoms with Crippen molar-refractivity contribution in [1.82, 2.24) is 10.2 Å². The number of carboxylic acids is 1. The van der Waals surface area contributed by atoms with Crippen LogP contribution in [0.5, 0.6) is 0 Å². The van der Waals surface area contributed by atoms with Crippen LogP contribution in [0.1, 0.15) is 42.5 Å². The topological polar surface area (TPSA) is 69.6 Å². The van der Waals surface area contributed by atoms with Crippen molar-refractivity contribution < 1.29 is 14.7 Å². The third-order valence-electron chi connectivity index (χ3n) is 4.93. The first kappa shape index (κ1) is 18.0. The molecule has 0 saturated heterocycles. The molecule has 26 heavy (non-hydrogen) atoms. The zero-order chi connectivity index (χ0) is 18.5. The first-order valence-electron chi connectivity index (χ1n) is 8.95. The highest BCUT2D eigenvalue weighted by Gasteiger charge is 2.31. The summed E-state index contributed by atoms with van der Waals surface area (Å²) in [5, 5.41) is 12.1. The molecular weight excluding hydrogens is 328 g/mol. The van der Waals surface area contributed by atoms with Gasteiger partial charge in [0.1, 0.15) is 0 Å². The molecule has 2 aromatic carbocycles. The van der Waals surface area contributed by atoms with E-state index in [2.05, 4.69) is 11.4 Å². The second-order valence-corrected chi connectivity index (χ2v) is 6.77. The molecule has 136 valence electrons. The van der Waals surface area contributed by atoms with Gasteiger partial charge in [-0.05, 0) is 36.5 Å². The van der Waals surface area contributed by atoms with Crippen LogP contribution in [0, 0.1) is 0 Å². The number of carbonyl (C=O) groups excluding carboxylic acids is 1. The monoisotopic (exact) mass is 352 g/mol. The summed E-state index contributed by atoms with van der Waals surface area (Å²) in [6.07, 6.45) is 1.06. The summed E-state index contributed by atoms with van der Waals surface area (Å²) in [6.45, 7) is 2.61. The van der Waals surface area contributed by atoms with Crippen molar-refractivity contribution in [2.24, 2.45) is 0 Å². The van der Waals surface area contributed by atoms with Crippen molar-refractivity contribution >= 4 is 12.0 Å². The number of urea groups is 1. The molecule has 2 amide bonds. The van der Waals surface area contributed by atoms with E-state index in [1.165, 1.54) is 11.1 Å². The van der Waals surface area contributed by atoms with Crippen LogP contribution in [-0.4, -0.2) is 28.0 Å². The molecule has 2 unspecified atom stereocenters. The molecule has 0 aromatic heterocycles. The molecule has 3 rings (SSSR count).